The van der Waals surface area contributed by atoms with Crippen molar-refractivity contribution in [2.24, 2.45) is 0 Å². The third-order valence-corrected chi connectivity index (χ3v) is 6.44. The second-order valence-electron chi connectivity index (χ2n) is 8.27. The van der Waals surface area contributed by atoms with E-state index in [9.17, 15) is 4.39 Å². The SMILES string of the molecule is COc1cc2c(cc1OCCCN1CCCC1)Cc1c(Nc3ccc(F)c(Cl)c3)n[nH]c1-2. The molecule has 2 aliphatic rings. The van der Waals surface area contributed by atoms with Gasteiger partial charge in [-0.2, -0.15) is 5.10 Å². The number of likely N-dealkylation sites (tertiary alicyclic amines) is 1. The molecule has 32 heavy (non-hydrogen) atoms. The fraction of sp³-hybridized carbons (Fsp3) is 0.375. The molecule has 0 spiro atoms. The summed E-state index contributed by atoms with van der Waals surface area (Å²) in [5.74, 6) is 1.74. The number of nitrogens with one attached hydrogen (secondary N) is 2. The van der Waals surface area contributed by atoms with Gasteiger partial charge in [0.15, 0.2) is 17.3 Å². The van der Waals surface area contributed by atoms with Crippen LogP contribution in [-0.2, 0) is 6.42 Å². The van der Waals surface area contributed by atoms with Crippen molar-refractivity contribution in [2.45, 2.75) is 25.7 Å². The maximum atomic E-state index is 13.5. The van der Waals surface area contributed by atoms with Crippen LogP contribution in [0.2, 0.25) is 5.02 Å². The number of ether oxygens (including phenoxy) is 2. The molecule has 1 aliphatic carbocycles. The predicted molar refractivity (Wildman–Crippen MR) is 124 cm³/mol. The first-order chi connectivity index (χ1) is 15.6. The number of halogens is 2. The van der Waals surface area contributed by atoms with Crippen LogP contribution in [0.25, 0.3) is 11.3 Å². The van der Waals surface area contributed by atoms with Gasteiger partial charge in [0.25, 0.3) is 0 Å². The Bertz CT molecular complexity index is 1130. The summed E-state index contributed by atoms with van der Waals surface area (Å²) in [5.41, 5.74) is 4.90. The number of aromatic nitrogens is 2. The van der Waals surface area contributed by atoms with Crippen molar-refractivity contribution in [2.75, 3.05) is 38.7 Å². The highest BCUT2D eigenvalue weighted by Gasteiger charge is 2.27. The molecule has 0 amide bonds. The molecule has 8 heteroatoms. The van der Waals surface area contributed by atoms with E-state index < -0.39 is 5.82 Å². The van der Waals surface area contributed by atoms with Gasteiger partial charge in [-0.25, -0.2) is 4.39 Å². The van der Waals surface area contributed by atoms with E-state index in [1.165, 1.54) is 32.0 Å². The molecule has 1 aromatic heterocycles. The van der Waals surface area contributed by atoms with Gasteiger partial charge in [0, 0.05) is 29.8 Å². The van der Waals surface area contributed by atoms with Crippen LogP contribution in [0.1, 0.15) is 30.4 Å². The van der Waals surface area contributed by atoms with Crippen molar-refractivity contribution < 1.29 is 13.9 Å². The Kier molecular flexibility index (Phi) is 5.93. The van der Waals surface area contributed by atoms with Crippen molar-refractivity contribution in [3.8, 4) is 22.8 Å². The fourth-order valence-corrected chi connectivity index (χ4v) is 4.67. The number of fused-ring (bicyclic) bond motifs is 3. The normalized spacial score (nSPS) is 15.0. The smallest absolute Gasteiger partial charge is 0.161 e. The Hall–Kier alpha value is -2.77. The van der Waals surface area contributed by atoms with Gasteiger partial charge in [0.05, 0.1) is 24.4 Å². The van der Waals surface area contributed by atoms with Crippen LogP contribution < -0.4 is 14.8 Å². The molecule has 6 nitrogen and oxygen atoms in total. The Morgan fingerprint density at radius 2 is 2.03 bits per heavy atom. The molecule has 0 unspecified atom stereocenters. The zero-order valence-electron chi connectivity index (χ0n) is 18.0. The second-order valence-corrected chi connectivity index (χ2v) is 8.67. The number of H-pyrrole nitrogens is 1. The van der Waals surface area contributed by atoms with Crippen molar-refractivity contribution >= 4 is 23.1 Å². The summed E-state index contributed by atoms with van der Waals surface area (Å²) in [5, 5.41) is 10.8. The lowest BCUT2D eigenvalue weighted by molar-refractivity contribution is 0.254. The summed E-state index contributed by atoms with van der Waals surface area (Å²) in [4.78, 5) is 2.49. The second kappa shape index (κ2) is 9.00. The first-order valence-corrected chi connectivity index (χ1v) is 11.4. The quantitative estimate of drug-likeness (QED) is 0.348. The van der Waals surface area contributed by atoms with E-state index in [-0.39, 0.29) is 5.02 Å². The van der Waals surface area contributed by atoms with Gasteiger partial charge in [-0.3, -0.25) is 5.10 Å². The van der Waals surface area contributed by atoms with Gasteiger partial charge in [0.1, 0.15) is 5.82 Å². The number of methoxy groups -OCH3 is 1. The lowest BCUT2D eigenvalue weighted by atomic mass is 10.1. The van der Waals surface area contributed by atoms with Crippen molar-refractivity contribution in [3.63, 3.8) is 0 Å². The van der Waals surface area contributed by atoms with E-state index in [1.54, 1.807) is 19.2 Å². The molecular formula is C24H26ClFN4O2. The maximum absolute atomic E-state index is 13.5. The first kappa shape index (κ1) is 21.1. The van der Waals surface area contributed by atoms with E-state index in [0.29, 0.717) is 30.3 Å². The third kappa shape index (κ3) is 4.14. The van der Waals surface area contributed by atoms with Crippen LogP contribution in [0.4, 0.5) is 15.9 Å². The number of rotatable bonds is 8. The minimum atomic E-state index is -0.447. The van der Waals surface area contributed by atoms with E-state index in [4.69, 9.17) is 21.1 Å². The summed E-state index contributed by atoms with van der Waals surface area (Å²) in [7, 11) is 1.66. The highest BCUT2D eigenvalue weighted by atomic mass is 35.5. The summed E-state index contributed by atoms with van der Waals surface area (Å²) in [6.07, 6.45) is 4.32. The molecule has 2 aromatic carbocycles. The number of hydrogen-bond donors (Lipinski definition) is 2. The predicted octanol–water partition coefficient (Wildman–Crippen LogP) is 5.39. The zero-order chi connectivity index (χ0) is 22.1. The molecule has 2 heterocycles. The minimum Gasteiger partial charge on any atom is -0.493 e. The number of hydrogen-bond acceptors (Lipinski definition) is 5. The average molecular weight is 457 g/mol. The van der Waals surface area contributed by atoms with Crippen LogP contribution in [-0.4, -0.2) is 48.4 Å². The molecule has 0 radical (unpaired) electrons. The van der Waals surface area contributed by atoms with Crippen LogP contribution >= 0.6 is 11.6 Å². The highest BCUT2D eigenvalue weighted by molar-refractivity contribution is 6.31. The topological polar surface area (TPSA) is 62.4 Å². The lowest BCUT2D eigenvalue weighted by Gasteiger charge is -2.16. The first-order valence-electron chi connectivity index (χ1n) is 11.0. The number of nitrogens with zero attached hydrogens (tertiary/aromatic N) is 2. The largest absolute Gasteiger partial charge is 0.493 e. The number of benzene rings is 2. The van der Waals surface area contributed by atoms with Gasteiger partial charge in [-0.05, 0) is 68.2 Å². The summed E-state index contributed by atoms with van der Waals surface area (Å²) >= 11 is 5.91. The molecule has 0 saturated carbocycles. The van der Waals surface area contributed by atoms with E-state index in [1.807, 2.05) is 6.07 Å². The molecular weight excluding hydrogens is 431 g/mol. The number of anilines is 2. The van der Waals surface area contributed by atoms with Gasteiger partial charge in [-0.1, -0.05) is 11.6 Å². The van der Waals surface area contributed by atoms with Crippen LogP contribution in [0.3, 0.4) is 0 Å². The van der Waals surface area contributed by atoms with Crippen LogP contribution in [0.5, 0.6) is 11.5 Å². The molecule has 5 rings (SSSR count). The van der Waals surface area contributed by atoms with Gasteiger partial charge in [-0.15, -0.1) is 0 Å². The molecule has 0 bridgehead atoms. The van der Waals surface area contributed by atoms with Crippen molar-refractivity contribution in [1.29, 1.82) is 0 Å². The standard InChI is InChI=1S/C24H26ClFN4O2/c1-31-21-14-17-15(12-22(21)32-10-4-9-30-7-2-3-8-30)11-18-23(17)28-29-24(18)27-16-5-6-20(26)19(25)13-16/h5-6,12-14H,2-4,7-11H2,1H3,(H2,27,28,29). The van der Waals surface area contributed by atoms with E-state index in [2.05, 4.69) is 26.5 Å². The monoisotopic (exact) mass is 456 g/mol. The Labute approximate surface area is 191 Å². The summed E-state index contributed by atoms with van der Waals surface area (Å²) in [6, 6.07) is 8.60. The van der Waals surface area contributed by atoms with Crippen molar-refractivity contribution in [1.82, 2.24) is 15.1 Å². The van der Waals surface area contributed by atoms with Crippen LogP contribution in [0, 0.1) is 5.82 Å². The molecule has 3 aromatic rings. The number of aromatic amines is 1. The van der Waals surface area contributed by atoms with Gasteiger partial charge >= 0.3 is 0 Å². The third-order valence-electron chi connectivity index (χ3n) is 6.15. The summed E-state index contributed by atoms with van der Waals surface area (Å²) in [6.45, 7) is 4.14. The average Bonchev–Trinajstić information content (AvgIpc) is 3.51. The van der Waals surface area contributed by atoms with E-state index >= 15 is 0 Å². The maximum Gasteiger partial charge on any atom is 0.161 e. The minimum absolute atomic E-state index is 0.0710. The Balaban J connectivity index is 1.30. The molecule has 2 N–H and O–H groups in total. The fourth-order valence-electron chi connectivity index (χ4n) is 4.49. The van der Waals surface area contributed by atoms with Crippen molar-refractivity contribution in [3.05, 3.63) is 52.3 Å². The van der Waals surface area contributed by atoms with E-state index in [0.717, 1.165) is 41.1 Å². The molecule has 1 aliphatic heterocycles. The van der Waals surface area contributed by atoms with Gasteiger partial charge in [0.2, 0.25) is 0 Å². The summed E-state index contributed by atoms with van der Waals surface area (Å²) < 4.78 is 25.2. The van der Waals surface area contributed by atoms with Crippen LogP contribution in [0.15, 0.2) is 30.3 Å². The zero-order valence-corrected chi connectivity index (χ0v) is 18.8. The molecule has 1 fully saturated rings. The highest BCUT2D eigenvalue weighted by Crippen LogP contribution is 2.44. The Morgan fingerprint density at radius 1 is 1.19 bits per heavy atom. The van der Waals surface area contributed by atoms with Gasteiger partial charge < -0.3 is 19.7 Å². The molecule has 168 valence electrons. The lowest BCUT2D eigenvalue weighted by Crippen LogP contribution is -2.21. The molecule has 1 saturated heterocycles. The molecule has 0 atom stereocenters. The Morgan fingerprint density at radius 3 is 2.81 bits per heavy atom.